The van der Waals surface area contributed by atoms with Crippen molar-refractivity contribution in [3.63, 3.8) is 0 Å². The smallest absolute Gasteiger partial charge is 0.329 e. The molecule has 0 amide bonds. The standard InChI is InChI=1S/C13H13N3O2/c17-13(18)6-8-14-10-11-4-1-2-5-12(11)16-9-3-7-15-16/h1-9,14H,10H2,(H,17,18)/b8-6+. The number of carbonyl (C=O) groups is 1. The molecule has 0 radical (unpaired) electrons. The van der Waals surface area contributed by atoms with Gasteiger partial charge in [-0.05, 0) is 17.7 Å². The molecule has 0 spiro atoms. The summed E-state index contributed by atoms with van der Waals surface area (Å²) in [4.78, 5) is 10.3. The Morgan fingerprint density at radius 2 is 2.22 bits per heavy atom. The molecule has 0 aliphatic heterocycles. The van der Waals surface area contributed by atoms with Crippen LogP contribution in [0.25, 0.3) is 5.69 Å². The number of carboxylic acids is 1. The number of aromatic nitrogens is 2. The topological polar surface area (TPSA) is 67.2 Å². The molecule has 2 rings (SSSR count). The largest absolute Gasteiger partial charge is 0.478 e. The summed E-state index contributed by atoms with van der Waals surface area (Å²) in [7, 11) is 0. The summed E-state index contributed by atoms with van der Waals surface area (Å²) in [5.74, 6) is -0.970. The number of nitrogens with one attached hydrogen (secondary N) is 1. The van der Waals surface area contributed by atoms with E-state index >= 15 is 0 Å². The highest BCUT2D eigenvalue weighted by molar-refractivity contribution is 5.79. The van der Waals surface area contributed by atoms with Gasteiger partial charge in [-0.1, -0.05) is 18.2 Å². The van der Waals surface area contributed by atoms with Gasteiger partial charge >= 0.3 is 5.97 Å². The second-order valence-electron chi connectivity index (χ2n) is 3.63. The summed E-state index contributed by atoms with van der Waals surface area (Å²) in [5.41, 5.74) is 2.01. The zero-order chi connectivity index (χ0) is 12.8. The predicted octanol–water partition coefficient (Wildman–Crippen LogP) is 1.56. The van der Waals surface area contributed by atoms with Gasteiger partial charge in [0.25, 0.3) is 0 Å². The second-order valence-corrected chi connectivity index (χ2v) is 3.63. The third-order valence-electron chi connectivity index (χ3n) is 2.38. The fourth-order valence-electron chi connectivity index (χ4n) is 1.59. The van der Waals surface area contributed by atoms with Crippen LogP contribution in [0.3, 0.4) is 0 Å². The first-order chi connectivity index (χ1) is 8.77. The molecule has 0 aliphatic carbocycles. The minimum Gasteiger partial charge on any atom is -0.478 e. The number of hydrogen-bond acceptors (Lipinski definition) is 3. The third kappa shape index (κ3) is 2.98. The maximum absolute atomic E-state index is 10.3. The van der Waals surface area contributed by atoms with E-state index in [9.17, 15) is 4.79 Å². The molecule has 92 valence electrons. The highest BCUT2D eigenvalue weighted by Crippen LogP contribution is 2.12. The van der Waals surface area contributed by atoms with E-state index in [0.717, 1.165) is 17.3 Å². The van der Waals surface area contributed by atoms with Crippen molar-refractivity contribution in [2.45, 2.75) is 6.54 Å². The summed E-state index contributed by atoms with van der Waals surface area (Å²) in [6.07, 6.45) is 6.07. The molecule has 1 heterocycles. The highest BCUT2D eigenvalue weighted by Gasteiger charge is 2.02. The quantitative estimate of drug-likeness (QED) is 0.782. The Bertz CT molecular complexity index is 547. The van der Waals surface area contributed by atoms with Crippen molar-refractivity contribution in [3.05, 3.63) is 60.6 Å². The molecule has 0 aliphatic rings. The maximum atomic E-state index is 10.3. The van der Waals surface area contributed by atoms with Gasteiger partial charge in [0.1, 0.15) is 0 Å². The summed E-state index contributed by atoms with van der Waals surface area (Å²) in [6.45, 7) is 0.541. The lowest BCUT2D eigenvalue weighted by atomic mass is 10.2. The van der Waals surface area contributed by atoms with Gasteiger partial charge in [0.05, 0.1) is 5.69 Å². The molecule has 0 bridgehead atoms. The first-order valence-corrected chi connectivity index (χ1v) is 5.48. The minimum atomic E-state index is -0.970. The van der Waals surface area contributed by atoms with Crippen LogP contribution in [0.15, 0.2) is 55.0 Å². The van der Waals surface area contributed by atoms with Crippen LogP contribution in [-0.2, 0) is 11.3 Å². The average Bonchev–Trinajstić information content (AvgIpc) is 2.88. The third-order valence-corrected chi connectivity index (χ3v) is 2.38. The van der Waals surface area contributed by atoms with Gasteiger partial charge in [-0.15, -0.1) is 0 Å². The van der Waals surface area contributed by atoms with Crippen LogP contribution in [0.1, 0.15) is 5.56 Å². The Hall–Kier alpha value is -2.56. The lowest BCUT2D eigenvalue weighted by Gasteiger charge is -2.09. The Morgan fingerprint density at radius 3 is 2.94 bits per heavy atom. The van der Waals surface area contributed by atoms with E-state index in [4.69, 9.17) is 5.11 Å². The Morgan fingerprint density at radius 1 is 1.39 bits per heavy atom. The fourth-order valence-corrected chi connectivity index (χ4v) is 1.59. The van der Waals surface area contributed by atoms with E-state index in [-0.39, 0.29) is 0 Å². The Kier molecular flexibility index (Phi) is 3.76. The number of carboxylic acid groups (broad SMARTS) is 1. The first kappa shape index (κ1) is 11.9. The molecule has 2 aromatic rings. The molecule has 0 saturated heterocycles. The Labute approximate surface area is 104 Å². The zero-order valence-corrected chi connectivity index (χ0v) is 9.65. The van der Waals surface area contributed by atoms with Gasteiger partial charge in [0.15, 0.2) is 0 Å². The van der Waals surface area contributed by atoms with Crippen LogP contribution < -0.4 is 5.32 Å². The van der Waals surface area contributed by atoms with E-state index < -0.39 is 5.97 Å². The number of aliphatic carboxylic acids is 1. The fraction of sp³-hybridized carbons (Fsp3) is 0.0769. The normalized spacial score (nSPS) is 10.7. The number of hydrogen-bond donors (Lipinski definition) is 2. The number of nitrogens with zero attached hydrogens (tertiary/aromatic N) is 2. The van der Waals surface area contributed by atoms with Gasteiger partial charge in [-0.3, -0.25) is 0 Å². The average molecular weight is 243 g/mol. The first-order valence-electron chi connectivity index (χ1n) is 5.48. The lowest BCUT2D eigenvalue weighted by molar-refractivity contribution is -0.131. The monoisotopic (exact) mass is 243 g/mol. The van der Waals surface area contributed by atoms with Crippen molar-refractivity contribution >= 4 is 5.97 Å². The Balaban J connectivity index is 2.11. The van der Waals surface area contributed by atoms with E-state index in [1.165, 1.54) is 6.20 Å². The second kappa shape index (κ2) is 5.67. The summed E-state index contributed by atoms with van der Waals surface area (Å²) < 4.78 is 1.78. The van der Waals surface area contributed by atoms with Crippen molar-refractivity contribution < 1.29 is 9.90 Å². The lowest BCUT2D eigenvalue weighted by Crippen LogP contribution is -2.09. The summed E-state index contributed by atoms with van der Waals surface area (Å²) >= 11 is 0. The molecule has 5 nitrogen and oxygen atoms in total. The molecule has 1 aromatic heterocycles. The summed E-state index contributed by atoms with van der Waals surface area (Å²) in [6, 6.07) is 9.66. The predicted molar refractivity (Wildman–Crippen MR) is 67.2 cm³/mol. The molecule has 0 fully saturated rings. The van der Waals surface area contributed by atoms with Crippen molar-refractivity contribution in [2.24, 2.45) is 0 Å². The van der Waals surface area contributed by atoms with Crippen molar-refractivity contribution in [1.29, 1.82) is 0 Å². The van der Waals surface area contributed by atoms with Gasteiger partial charge in [0, 0.05) is 31.2 Å². The van der Waals surface area contributed by atoms with E-state index in [1.54, 1.807) is 10.9 Å². The summed E-state index contributed by atoms with van der Waals surface area (Å²) in [5, 5.41) is 15.6. The molecule has 1 aromatic carbocycles. The van der Waals surface area contributed by atoms with Crippen molar-refractivity contribution in [1.82, 2.24) is 15.1 Å². The maximum Gasteiger partial charge on any atom is 0.329 e. The number of rotatable bonds is 5. The van der Waals surface area contributed by atoms with Gasteiger partial charge in [-0.2, -0.15) is 5.10 Å². The minimum absolute atomic E-state index is 0.541. The van der Waals surface area contributed by atoms with Crippen molar-refractivity contribution in [3.8, 4) is 5.69 Å². The van der Waals surface area contributed by atoms with E-state index in [0.29, 0.717) is 6.54 Å². The number of benzene rings is 1. The molecule has 5 heteroatoms. The molecule has 0 saturated carbocycles. The van der Waals surface area contributed by atoms with Crippen LogP contribution in [0, 0.1) is 0 Å². The highest BCUT2D eigenvalue weighted by atomic mass is 16.4. The van der Waals surface area contributed by atoms with Crippen LogP contribution in [0.2, 0.25) is 0 Å². The van der Waals surface area contributed by atoms with Crippen molar-refractivity contribution in [2.75, 3.05) is 0 Å². The molecule has 0 atom stereocenters. The SMILES string of the molecule is O=C(O)/C=C/NCc1ccccc1-n1cccn1. The van der Waals surface area contributed by atoms with Crippen LogP contribution in [0.4, 0.5) is 0 Å². The molecular weight excluding hydrogens is 230 g/mol. The molecule has 18 heavy (non-hydrogen) atoms. The van der Waals surface area contributed by atoms with Crippen LogP contribution >= 0.6 is 0 Å². The van der Waals surface area contributed by atoms with Crippen LogP contribution in [-0.4, -0.2) is 20.9 Å². The van der Waals surface area contributed by atoms with E-state index in [1.807, 2.05) is 36.5 Å². The van der Waals surface area contributed by atoms with Gasteiger partial charge < -0.3 is 10.4 Å². The van der Waals surface area contributed by atoms with Gasteiger partial charge in [-0.25, -0.2) is 9.48 Å². The molecular formula is C13H13N3O2. The molecule has 2 N–H and O–H groups in total. The van der Waals surface area contributed by atoms with Gasteiger partial charge in [0.2, 0.25) is 0 Å². The van der Waals surface area contributed by atoms with Crippen LogP contribution in [0.5, 0.6) is 0 Å². The van der Waals surface area contributed by atoms with E-state index in [2.05, 4.69) is 10.4 Å². The zero-order valence-electron chi connectivity index (χ0n) is 9.65. The molecule has 0 unspecified atom stereocenters. The number of para-hydroxylation sites is 1.